The molecule has 0 aromatic heterocycles. The molecule has 2 nitrogen and oxygen atoms in total. The van der Waals surface area contributed by atoms with E-state index in [0.29, 0.717) is 5.92 Å². The van der Waals surface area contributed by atoms with Crippen LogP contribution in [0.3, 0.4) is 0 Å². The van der Waals surface area contributed by atoms with Gasteiger partial charge in [0.25, 0.3) is 0 Å². The molecule has 0 spiro atoms. The Labute approximate surface area is 352 Å². The van der Waals surface area contributed by atoms with Crippen molar-refractivity contribution < 1.29 is 0 Å². The second kappa shape index (κ2) is 15.7. The predicted octanol–water partition coefficient (Wildman–Crippen LogP) is 16.2. The van der Waals surface area contributed by atoms with Gasteiger partial charge in [-0.05, 0) is 143 Å². The molecule has 2 fully saturated rings. The van der Waals surface area contributed by atoms with E-state index in [1.165, 1.54) is 137 Å². The summed E-state index contributed by atoms with van der Waals surface area (Å²) in [4.78, 5) is 4.86. The summed E-state index contributed by atoms with van der Waals surface area (Å²) in [6.45, 7) is 4.77. The second-order valence-corrected chi connectivity index (χ2v) is 17.9. The predicted molar refractivity (Wildman–Crippen MR) is 250 cm³/mol. The maximum atomic E-state index is 2.50. The van der Waals surface area contributed by atoms with E-state index < -0.39 is 0 Å². The van der Waals surface area contributed by atoms with Gasteiger partial charge in [-0.3, -0.25) is 0 Å². The third-order valence-corrected chi connectivity index (χ3v) is 14.1. The van der Waals surface area contributed by atoms with E-state index in [0.717, 1.165) is 0 Å². The van der Waals surface area contributed by atoms with Crippen LogP contribution in [0.2, 0.25) is 0 Å². The van der Waals surface area contributed by atoms with Gasteiger partial charge >= 0.3 is 0 Å². The maximum absolute atomic E-state index is 2.50. The molecule has 0 heterocycles. The molecule has 0 N–H and O–H groups in total. The average Bonchev–Trinajstić information content (AvgIpc) is 3.53. The van der Waals surface area contributed by atoms with Gasteiger partial charge in [-0.25, -0.2) is 0 Å². The van der Waals surface area contributed by atoms with Crippen molar-refractivity contribution in [2.45, 2.75) is 94.8 Å². The fraction of sp³-hybridized carbons (Fsp3) is 0.263. The van der Waals surface area contributed by atoms with Crippen LogP contribution in [0.15, 0.2) is 176 Å². The molecule has 3 aliphatic carbocycles. The van der Waals surface area contributed by atoms with Gasteiger partial charge in [-0.2, -0.15) is 0 Å². The molecule has 0 saturated heterocycles. The third-order valence-electron chi connectivity index (χ3n) is 14.1. The number of nitrogens with zero attached hydrogens (tertiary/aromatic N) is 2. The van der Waals surface area contributed by atoms with E-state index in [-0.39, 0.29) is 10.8 Å². The van der Waals surface area contributed by atoms with Gasteiger partial charge in [0.2, 0.25) is 0 Å². The van der Waals surface area contributed by atoms with Gasteiger partial charge in [0.15, 0.2) is 0 Å². The lowest BCUT2D eigenvalue weighted by molar-refractivity contribution is 0.346. The van der Waals surface area contributed by atoms with Crippen molar-refractivity contribution in [3.63, 3.8) is 0 Å². The number of hydrogen-bond donors (Lipinski definition) is 0. The topological polar surface area (TPSA) is 6.48 Å². The summed E-state index contributed by atoms with van der Waals surface area (Å²) in [6.07, 6.45) is 12.8. The molecular weight excluding hydrogens is 713 g/mol. The van der Waals surface area contributed by atoms with E-state index in [1.54, 1.807) is 0 Å². The minimum atomic E-state index is -0.0650. The highest BCUT2D eigenvalue weighted by Gasteiger charge is 2.37. The summed E-state index contributed by atoms with van der Waals surface area (Å²) < 4.78 is 0. The molecule has 3 aliphatic rings. The first kappa shape index (κ1) is 37.4. The van der Waals surface area contributed by atoms with Crippen LogP contribution in [0.5, 0.6) is 0 Å². The molecular formula is C57H56N2. The molecule has 0 bridgehead atoms. The van der Waals surface area contributed by atoms with Crippen LogP contribution < -0.4 is 9.80 Å². The Morgan fingerprint density at radius 1 is 0.390 bits per heavy atom. The molecule has 7 aromatic rings. The molecule has 294 valence electrons. The largest absolute Gasteiger partial charge is 0.311 e. The number of rotatable bonds is 9. The molecule has 2 heteroatoms. The first-order valence-corrected chi connectivity index (χ1v) is 22.3. The van der Waals surface area contributed by atoms with Crippen molar-refractivity contribution >= 4 is 34.1 Å². The first-order chi connectivity index (χ1) is 29.0. The zero-order chi connectivity index (χ0) is 39.8. The number of para-hydroxylation sites is 2. The lowest BCUT2D eigenvalue weighted by atomic mass is 9.65. The van der Waals surface area contributed by atoms with Gasteiger partial charge < -0.3 is 9.80 Å². The van der Waals surface area contributed by atoms with E-state index in [1.807, 2.05) is 0 Å². The Hall–Kier alpha value is -5.86. The summed E-state index contributed by atoms with van der Waals surface area (Å²) in [5, 5.41) is 0. The molecule has 0 radical (unpaired) electrons. The van der Waals surface area contributed by atoms with Crippen LogP contribution in [0, 0.1) is 0 Å². The molecule has 0 atom stereocenters. The maximum Gasteiger partial charge on any atom is 0.0465 e. The fourth-order valence-electron chi connectivity index (χ4n) is 11.0. The van der Waals surface area contributed by atoms with Crippen molar-refractivity contribution in [3.8, 4) is 11.1 Å². The molecule has 59 heavy (non-hydrogen) atoms. The average molecular weight is 769 g/mol. The van der Waals surface area contributed by atoms with Gasteiger partial charge in [0, 0.05) is 45.0 Å². The number of anilines is 6. The van der Waals surface area contributed by atoms with Gasteiger partial charge in [0.05, 0.1) is 0 Å². The summed E-state index contributed by atoms with van der Waals surface area (Å²) >= 11 is 0. The van der Waals surface area contributed by atoms with Crippen molar-refractivity contribution in [2.24, 2.45) is 0 Å². The van der Waals surface area contributed by atoms with Crippen LogP contribution in [-0.2, 0) is 10.8 Å². The highest BCUT2D eigenvalue weighted by atomic mass is 15.1. The molecule has 2 saturated carbocycles. The number of fused-ring (bicyclic) bond motifs is 3. The normalized spacial score (nSPS) is 16.8. The highest BCUT2D eigenvalue weighted by molar-refractivity contribution is 5.85. The molecule has 0 aliphatic heterocycles. The third kappa shape index (κ3) is 6.87. The van der Waals surface area contributed by atoms with E-state index in [2.05, 4.69) is 200 Å². The SMILES string of the molecule is CC1(C)c2ccccc2-c2ccc(N(c3ccc(C4CCCCC4)cc3)c3ccc(C4(c5ccc(N(c6ccccc6)c6ccccc6)cc5)CCCCC4)cc3)cc21. The Kier molecular flexibility index (Phi) is 9.97. The van der Waals surface area contributed by atoms with E-state index >= 15 is 0 Å². The Balaban J connectivity index is 1.02. The fourth-order valence-corrected chi connectivity index (χ4v) is 11.0. The Morgan fingerprint density at radius 3 is 1.41 bits per heavy atom. The monoisotopic (exact) mass is 768 g/mol. The minimum absolute atomic E-state index is 0.0184. The Morgan fingerprint density at radius 2 is 0.831 bits per heavy atom. The van der Waals surface area contributed by atoms with Gasteiger partial charge in [-0.1, -0.05) is 156 Å². The van der Waals surface area contributed by atoms with Crippen LogP contribution >= 0.6 is 0 Å². The summed E-state index contributed by atoms with van der Waals surface area (Å²) in [5.74, 6) is 0.685. The molecule has 10 rings (SSSR count). The highest BCUT2D eigenvalue weighted by Crippen LogP contribution is 2.51. The lowest BCUT2D eigenvalue weighted by Crippen LogP contribution is -2.30. The zero-order valence-electron chi connectivity index (χ0n) is 34.8. The van der Waals surface area contributed by atoms with Gasteiger partial charge in [0.1, 0.15) is 0 Å². The first-order valence-electron chi connectivity index (χ1n) is 22.3. The van der Waals surface area contributed by atoms with Crippen molar-refractivity contribution in [1.29, 1.82) is 0 Å². The van der Waals surface area contributed by atoms with Crippen molar-refractivity contribution in [3.05, 3.63) is 204 Å². The second-order valence-electron chi connectivity index (χ2n) is 17.9. The summed E-state index contributed by atoms with van der Waals surface area (Å²) in [6, 6.07) is 66.4. The van der Waals surface area contributed by atoms with E-state index in [9.17, 15) is 0 Å². The van der Waals surface area contributed by atoms with Gasteiger partial charge in [-0.15, -0.1) is 0 Å². The standard InChI is InChI=1S/C57H56N2/c1-56(2)54-24-14-13-23-52(54)53-38-37-51(41-55(53)56)59(48-31-25-43(26-32-48)42-17-7-3-8-18-42)50-35-29-45(30-36-50)57(39-15-6-16-40-57)44-27-33-49(34-28-44)58(46-19-9-4-10-20-46)47-21-11-5-12-22-47/h4-5,9-14,19-38,41-42H,3,6-8,15-18,39-40H2,1-2H3. The lowest BCUT2D eigenvalue weighted by Gasteiger charge is -2.39. The molecule has 0 unspecified atom stereocenters. The molecule has 0 amide bonds. The smallest absolute Gasteiger partial charge is 0.0465 e. The van der Waals surface area contributed by atoms with Crippen LogP contribution in [0.4, 0.5) is 34.1 Å². The minimum Gasteiger partial charge on any atom is -0.311 e. The van der Waals surface area contributed by atoms with E-state index in [4.69, 9.17) is 0 Å². The number of benzene rings is 7. The van der Waals surface area contributed by atoms with Crippen LogP contribution in [0.25, 0.3) is 11.1 Å². The molecule has 7 aromatic carbocycles. The Bertz CT molecular complexity index is 2470. The van der Waals surface area contributed by atoms with Crippen LogP contribution in [0.1, 0.15) is 112 Å². The van der Waals surface area contributed by atoms with Crippen LogP contribution in [-0.4, -0.2) is 0 Å². The summed E-state index contributed by atoms with van der Waals surface area (Å²) in [5.41, 5.74) is 16.9. The van der Waals surface area contributed by atoms with Crippen molar-refractivity contribution in [2.75, 3.05) is 9.80 Å². The zero-order valence-corrected chi connectivity index (χ0v) is 34.8. The summed E-state index contributed by atoms with van der Waals surface area (Å²) in [7, 11) is 0. The van der Waals surface area contributed by atoms with Crippen molar-refractivity contribution in [1.82, 2.24) is 0 Å². The number of hydrogen-bond acceptors (Lipinski definition) is 2. The quantitative estimate of drug-likeness (QED) is 0.144.